The van der Waals surface area contributed by atoms with Crippen LogP contribution in [0.4, 0.5) is 5.69 Å². The van der Waals surface area contributed by atoms with Gasteiger partial charge in [-0.1, -0.05) is 37.1 Å². The van der Waals surface area contributed by atoms with Crippen LogP contribution in [0.5, 0.6) is 0 Å². The average Bonchev–Trinajstić information content (AvgIpc) is 3.38. The highest BCUT2D eigenvalue weighted by atomic mass is 16.5. The second-order valence-electron chi connectivity index (χ2n) is 10.0. The predicted molar refractivity (Wildman–Crippen MR) is 124 cm³/mol. The van der Waals surface area contributed by atoms with Crippen LogP contribution in [-0.4, -0.2) is 48.6 Å². The molecule has 1 heterocycles. The number of carbonyl (C=O) groups excluding carboxylic acids is 3. The van der Waals surface area contributed by atoms with Gasteiger partial charge in [-0.25, -0.2) is 0 Å². The van der Waals surface area contributed by atoms with Crippen molar-refractivity contribution in [2.24, 2.45) is 11.8 Å². The third-order valence-corrected chi connectivity index (χ3v) is 7.69. The highest BCUT2D eigenvalue weighted by Gasteiger charge is 2.66. The summed E-state index contributed by atoms with van der Waals surface area (Å²) in [7, 11) is 1.54. The third kappa shape index (κ3) is 3.86. The van der Waals surface area contributed by atoms with E-state index in [1.54, 1.807) is 12.0 Å². The minimum Gasteiger partial charge on any atom is -0.371 e. The summed E-state index contributed by atoms with van der Waals surface area (Å²) in [6.45, 7) is 1.96. The maximum Gasteiger partial charge on any atom is 0.246 e. The van der Waals surface area contributed by atoms with Crippen molar-refractivity contribution in [1.29, 1.82) is 0 Å². The molecule has 1 aromatic carbocycles. The summed E-state index contributed by atoms with van der Waals surface area (Å²) < 4.78 is 6.06. The maximum atomic E-state index is 14.0. The van der Waals surface area contributed by atoms with Crippen LogP contribution < -0.4 is 15.5 Å². The van der Waals surface area contributed by atoms with Gasteiger partial charge in [0.05, 0.1) is 11.8 Å². The Hall–Kier alpha value is -2.67. The second kappa shape index (κ2) is 8.60. The molecule has 3 aliphatic carbocycles. The molecule has 4 atom stereocenters. The van der Waals surface area contributed by atoms with E-state index in [2.05, 4.69) is 10.6 Å². The standard InChI is InChI=1S/C26H33N3O4/c1-16-7-5-10-19(15-16)29-22(24(31)28-17-8-3-4-9-17)26(33-2)14-6-11-20(21(26)25(29)32)23(30)27-18-12-13-18/h5-7,10,14-15,17-18,20-22H,3-4,8-9,11-13H2,1-2H3,(H,27,30)(H,28,31). The molecular weight excluding hydrogens is 418 g/mol. The van der Waals surface area contributed by atoms with E-state index in [1.807, 2.05) is 43.3 Å². The molecule has 33 heavy (non-hydrogen) atoms. The van der Waals surface area contributed by atoms with E-state index in [9.17, 15) is 14.4 Å². The molecular formula is C26H33N3O4. The molecule has 3 amide bonds. The summed E-state index contributed by atoms with van der Waals surface area (Å²) in [6.07, 6.45) is 10.2. The summed E-state index contributed by atoms with van der Waals surface area (Å²) in [6, 6.07) is 7.05. The molecule has 0 spiro atoms. The third-order valence-electron chi connectivity index (χ3n) is 7.69. The number of aryl methyl sites for hydroxylation is 1. The zero-order valence-electron chi connectivity index (χ0n) is 19.4. The van der Waals surface area contributed by atoms with Crippen molar-refractivity contribution >= 4 is 23.4 Å². The minimum absolute atomic E-state index is 0.112. The zero-order chi connectivity index (χ0) is 23.2. The number of nitrogens with one attached hydrogen (secondary N) is 2. The normalized spacial score (nSPS) is 31.5. The Morgan fingerprint density at radius 1 is 1.06 bits per heavy atom. The molecule has 176 valence electrons. The van der Waals surface area contributed by atoms with Crippen LogP contribution in [0.2, 0.25) is 0 Å². The number of fused-ring (bicyclic) bond motifs is 1. The topological polar surface area (TPSA) is 87.7 Å². The zero-order valence-corrected chi connectivity index (χ0v) is 19.4. The van der Waals surface area contributed by atoms with Gasteiger partial charge in [-0.05, 0) is 56.7 Å². The SMILES string of the molecule is COC12C=CCC(C(=O)NC3CC3)C1C(=O)N(c1cccc(C)c1)C2C(=O)NC1CCCC1. The van der Waals surface area contributed by atoms with E-state index in [4.69, 9.17) is 4.74 Å². The first-order valence-electron chi connectivity index (χ1n) is 12.2. The Morgan fingerprint density at radius 2 is 1.76 bits per heavy atom. The van der Waals surface area contributed by atoms with Gasteiger partial charge in [0.25, 0.3) is 0 Å². The molecule has 0 radical (unpaired) electrons. The smallest absolute Gasteiger partial charge is 0.246 e. The molecule has 5 rings (SSSR count). The molecule has 1 aromatic rings. The van der Waals surface area contributed by atoms with Crippen LogP contribution in [0.25, 0.3) is 0 Å². The Bertz CT molecular complexity index is 982. The number of anilines is 1. The van der Waals surface area contributed by atoms with E-state index in [-0.39, 0.29) is 29.8 Å². The van der Waals surface area contributed by atoms with Crippen LogP contribution in [-0.2, 0) is 19.1 Å². The number of hydrogen-bond acceptors (Lipinski definition) is 4. The highest BCUT2D eigenvalue weighted by molar-refractivity contribution is 6.09. The highest BCUT2D eigenvalue weighted by Crippen LogP contribution is 2.48. The van der Waals surface area contributed by atoms with Crippen molar-refractivity contribution in [3.05, 3.63) is 42.0 Å². The van der Waals surface area contributed by atoms with Crippen molar-refractivity contribution in [2.45, 2.75) is 75.6 Å². The number of nitrogens with zero attached hydrogens (tertiary/aromatic N) is 1. The first-order valence-corrected chi connectivity index (χ1v) is 12.2. The van der Waals surface area contributed by atoms with Crippen molar-refractivity contribution in [2.75, 3.05) is 12.0 Å². The van der Waals surface area contributed by atoms with Gasteiger partial charge < -0.3 is 15.4 Å². The molecule has 2 N–H and O–H groups in total. The van der Waals surface area contributed by atoms with Crippen LogP contribution in [0, 0.1) is 18.8 Å². The Balaban J connectivity index is 1.57. The molecule has 2 saturated carbocycles. The second-order valence-corrected chi connectivity index (χ2v) is 10.0. The number of allylic oxidation sites excluding steroid dienone is 1. The van der Waals surface area contributed by atoms with Crippen molar-refractivity contribution in [1.82, 2.24) is 10.6 Å². The molecule has 0 aromatic heterocycles. The van der Waals surface area contributed by atoms with Crippen molar-refractivity contribution in [3.63, 3.8) is 0 Å². The first kappa shape index (κ1) is 22.1. The van der Waals surface area contributed by atoms with Gasteiger partial charge in [-0.15, -0.1) is 0 Å². The van der Waals surface area contributed by atoms with E-state index in [0.29, 0.717) is 12.1 Å². The summed E-state index contributed by atoms with van der Waals surface area (Å²) in [5, 5.41) is 6.25. The largest absolute Gasteiger partial charge is 0.371 e. The first-order chi connectivity index (χ1) is 15.9. The van der Waals surface area contributed by atoms with Crippen LogP contribution in [0.1, 0.15) is 50.5 Å². The van der Waals surface area contributed by atoms with Gasteiger partial charge in [0.2, 0.25) is 17.7 Å². The molecule has 1 aliphatic heterocycles. The molecule has 4 unspecified atom stereocenters. The number of benzene rings is 1. The number of amides is 3. The molecule has 7 heteroatoms. The average molecular weight is 452 g/mol. The summed E-state index contributed by atoms with van der Waals surface area (Å²) in [5.41, 5.74) is 0.454. The number of carbonyl (C=O) groups is 3. The number of methoxy groups -OCH3 is 1. The van der Waals surface area contributed by atoms with E-state index in [1.165, 1.54) is 0 Å². The predicted octanol–water partition coefficient (Wildman–Crippen LogP) is 2.63. The monoisotopic (exact) mass is 451 g/mol. The van der Waals surface area contributed by atoms with E-state index < -0.39 is 23.5 Å². The van der Waals surface area contributed by atoms with E-state index in [0.717, 1.165) is 44.1 Å². The Labute approximate surface area is 194 Å². The summed E-state index contributed by atoms with van der Waals surface area (Å²) in [4.78, 5) is 42.6. The van der Waals surface area contributed by atoms with Crippen LogP contribution in [0.15, 0.2) is 36.4 Å². The lowest BCUT2D eigenvalue weighted by atomic mass is 9.71. The number of hydrogen-bond donors (Lipinski definition) is 2. The van der Waals surface area contributed by atoms with Gasteiger partial charge in [0.15, 0.2) is 0 Å². The Morgan fingerprint density at radius 3 is 2.42 bits per heavy atom. The Kier molecular flexibility index (Phi) is 5.77. The minimum atomic E-state index is -1.20. The molecule has 0 bridgehead atoms. The maximum absolute atomic E-state index is 14.0. The summed E-state index contributed by atoms with van der Waals surface area (Å²) >= 11 is 0. The lowest BCUT2D eigenvalue weighted by Gasteiger charge is -2.40. The van der Waals surface area contributed by atoms with Crippen molar-refractivity contribution in [3.8, 4) is 0 Å². The fourth-order valence-corrected chi connectivity index (χ4v) is 5.89. The number of rotatable bonds is 6. The van der Waals surface area contributed by atoms with Gasteiger partial charge in [-0.3, -0.25) is 19.3 Å². The fraction of sp³-hybridized carbons (Fsp3) is 0.577. The summed E-state index contributed by atoms with van der Waals surface area (Å²) in [5.74, 6) is -1.89. The quantitative estimate of drug-likeness (QED) is 0.651. The fourth-order valence-electron chi connectivity index (χ4n) is 5.89. The lowest BCUT2D eigenvalue weighted by molar-refractivity contribution is -0.141. The lowest BCUT2D eigenvalue weighted by Crippen LogP contribution is -2.59. The van der Waals surface area contributed by atoms with Crippen molar-refractivity contribution < 1.29 is 19.1 Å². The van der Waals surface area contributed by atoms with Crippen LogP contribution >= 0.6 is 0 Å². The molecule has 3 fully saturated rings. The van der Waals surface area contributed by atoms with Gasteiger partial charge in [0.1, 0.15) is 11.6 Å². The van der Waals surface area contributed by atoms with Crippen LogP contribution in [0.3, 0.4) is 0 Å². The molecule has 7 nitrogen and oxygen atoms in total. The molecule has 4 aliphatic rings. The molecule has 1 saturated heterocycles. The van der Waals surface area contributed by atoms with E-state index >= 15 is 0 Å². The van der Waals surface area contributed by atoms with Gasteiger partial charge in [-0.2, -0.15) is 0 Å². The number of ether oxygens (including phenoxy) is 1. The van der Waals surface area contributed by atoms with Gasteiger partial charge >= 0.3 is 0 Å². The van der Waals surface area contributed by atoms with Gasteiger partial charge in [0, 0.05) is 24.9 Å².